The maximum atomic E-state index is 13.2. The van der Waals surface area contributed by atoms with Crippen LogP contribution in [0.5, 0.6) is 0 Å². The summed E-state index contributed by atoms with van der Waals surface area (Å²) in [6, 6.07) is 6.86. The Morgan fingerprint density at radius 2 is 1.74 bits per heavy atom. The minimum atomic E-state index is -1.50. The van der Waals surface area contributed by atoms with Gasteiger partial charge < -0.3 is 4.98 Å². The number of fused-ring (bicyclic) bond motifs is 1. The average molecular weight is 283 g/mol. The van der Waals surface area contributed by atoms with Crippen LogP contribution in [0.3, 0.4) is 0 Å². The highest BCUT2D eigenvalue weighted by Gasteiger charge is 2.14. The Hall–Kier alpha value is -2.01. The Labute approximate surface area is 110 Å². The number of aromatic amines is 1. The first-order chi connectivity index (χ1) is 9.06. The van der Waals surface area contributed by atoms with E-state index in [1.54, 1.807) is 18.2 Å². The third-order valence-corrected chi connectivity index (χ3v) is 3.03. The average Bonchev–Trinajstić information content (AvgIpc) is 2.81. The number of rotatable bonds is 1. The van der Waals surface area contributed by atoms with Gasteiger partial charge in [0.05, 0.1) is 10.5 Å². The zero-order valence-corrected chi connectivity index (χ0v) is 10.1. The van der Waals surface area contributed by atoms with Crippen LogP contribution in [0.2, 0.25) is 5.02 Å². The fourth-order valence-electron chi connectivity index (χ4n) is 1.83. The SMILES string of the molecule is Fc1cc(-c2nc3c(Cl)cccc3[nH]2)cc(F)c1F. The van der Waals surface area contributed by atoms with Gasteiger partial charge in [0, 0.05) is 5.56 Å². The predicted octanol–water partition coefficient (Wildman–Crippen LogP) is 4.30. The summed E-state index contributed by atoms with van der Waals surface area (Å²) in [6.45, 7) is 0. The van der Waals surface area contributed by atoms with Crippen molar-refractivity contribution in [3.05, 3.63) is 52.8 Å². The second kappa shape index (κ2) is 4.28. The van der Waals surface area contributed by atoms with Crippen molar-refractivity contribution in [1.29, 1.82) is 0 Å². The molecule has 2 nitrogen and oxygen atoms in total. The Morgan fingerprint density at radius 3 is 2.37 bits per heavy atom. The van der Waals surface area contributed by atoms with Crippen molar-refractivity contribution in [3.63, 3.8) is 0 Å². The van der Waals surface area contributed by atoms with Gasteiger partial charge in [0.1, 0.15) is 11.3 Å². The Bertz CT molecular complexity index is 760. The standard InChI is InChI=1S/C13H6ClF3N2/c14-7-2-1-3-10-12(7)19-13(18-10)6-4-8(15)11(17)9(16)5-6/h1-5H,(H,18,19). The van der Waals surface area contributed by atoms with Crippen LogP contribution in [0, 0.1) is 17.5 Å². The van der Waals surface area contributed by atoms with E-state index >= 15 is 0 Å². The molecule has 0 aliphatic heterocycles. The van der Waals surface area contributed by atoms with Gasteiger partial charge in [-0.25, -0.2) is 18.2 Å². The minimum absolute atomic E-state index is 0.115. The molecule has 0 fully saturated rings. The zero-order chi connectivity index (χ0) is 13.6. The number of H-pyrrole nitrogens is 1. The number of aromatic nitrogens is 2. The minimum Gasteiger partial charge on any atom is -0.338 e. The molecule has 3 rings (SSSR count). The summed E-state index contributed by atoms with van der Waals surface area (Å²) in [4.78, 5) is 7.03. The molecule has 0 bridgehead atoms. The molecular weight excluding hydrogens is 277 g/mol. The molecule has 0 atom stereocenters. The maximum Gasteiger partial charge on any atom is 0.194 e. The van der Waals surface area contributed by atoms with Crippen LogP contribution in [0.15, 0.2) is 30.3 Å². The van der Waals surface area contributed by atoms with Gasteiger partial charge >= 0.3 is 0 Å². The van der Waals surface area contributed by atoms with E-state index in [4.69, 9.17) is 11.6 Å². The lowest BCUT2D eigenvalue weighted by atomic mass is 10.2. The molecule has 0 aliphatic carbocycles. The second-order valence-corrected chi connectivity index (χ2v) is 4.38. The topological polar surface area (TPSA) is 28.7 Å². The summed E-state index contributed by atoms with van der Waals surface area (Å²) in [5.74, 6) is -3.80. The van der Waals surface area contributed by atoms with E-state index in [1.807, 2.05) is 0 Å². The monoisotopic (exact) mass is 282 g/mol. The number of hydrogen-bond acceptors (Lipinski definition) is 1. The maximum absolute atomic E-state index is 13.2. The van der Waals surface area contributed by atoms with Crippen LogP contribution >= 0.6 is 11.6 Å². The van der Waals surface area contributed by atoms with E-state index in [2.05, 4.69) is 9.97 Å². The lowest BCUT2D eigenvalue weighted by molar-refractivity contribution is 0.447. The molecule has 1 aromatic heterocycles. The predicted molar refractivity (Wildman–Crippen MR) is 66.4 cm³/mol. The van der Waals surface area contributed by atoms with E-state index in [0.29, 0.717) is 16.1 Å². The van der Waals surface area contributed by atoms with E-state index in [0.717, 1.165) is 12.1 Å². The fourth-order valence-corrected chi connectivity index (χ4v) is 2.04. The molecule has 0 radical (unpaired) electrons. The van der Waals surface area contributed by atoms with Crippen molar-refractivity contribution in [3.8, 4) is 11.4 Å². The van der Waals surface area contributed by atoms with Crippen LogP contribution in [-0.2, 0) is 0 Å². The molecule has 0 aliphatic rings. The molecule has 0 spiro atoms. The molecule has 0 unspecified atom stereocenters. The number of hydrogen-bond donors (Lipinski definition) is 1. The Morgan fingerprint density at radius 1 is 1.05 bits per heavy atom. The van der Waals surface area contributed by atoms with Gasteiger partial charge in [0.2, 0.25) is 0 Å². The quantitative estimate of drug-likeness (QED) is 0.662. The summed E-state index contributed by atoms with van der Waals surface area (Å²) in [6.07, 6.45) is 0. The zero-order valence-electron chi connectivity index (χ0n) is 9.35. The van der Waals surface area contributed by atoms with Crippen LogP contribution in [0.1, 0.15) is 0 Å². The smallest absolute Gasteiger partial charge is 0.194 e. The van der Waals surface area contributed by atoms with Gasteiger partial charge in [-0.3, -0.25) is 0 Å². The molecule has 0 saturated carbocycles. The van der Waals surface area contributed by atoms with E-state index in [9.17, 15) is 13.2 Å². The van der Waals surface area contributed by atoms with E-state index < -0.39 is 17.5 Å². The molecule has 1 heterocycles. The summed E-state index contributed by atoms with van der Waals surface area (Å²) in [7, 11) is 0. The van der Waals surface area contributed by atoms with Crippen molar-refractivity contribution in [2.45, 2.75) is 0 Å². The third kappa shape index (κ3) is 1.96. The number of nitrogens with zero attached hydrogens (tertiary/aromatic N) is 1. The van der Waals surface area contributed by atoms with Gasteiger partial charge in [-0.15, -0.1) is 0 Å². The largest absolute Gasteiger partial charge is 0.338 e. The van der Waals surface area contributed by atoms with E-state index in [-0.39, 0.29) is 11.4 Å². The molecule has 0 amide bonds. The summed E-state index contributed by atoms with van der Waals surface area (Å²) in [5.41, 5.74) is 1.24. The number of halogens is 4. The van der Waals surface area contributed by atoms with Gasteiger partial charge in [0.25, 0.3) is 0 Å². The molecule has 1 N–H and O–H groups in total. The van der Waals surface area contributed by atoms with Gasteiger partial charge in [-0.2, -0.15) is 0 Å². The molecule has 3 aromatic rings. The molecule has 6 heteroatoms. The molecule has 19 heavy (non-hydrogen) atoms. The molecular formula is C13H6ClF3N2. The highest BCUT2D eigenvalue weighted by molar-refractivity contribution is 6.34. The van der Waals surface area contributed by atoms with Gasteiger partial charge in [0.15, 0.2) is 17.5 Å². The van der Waals surface area contributed by atoms with Crippen molar-refractivity contribution >= 4 is 22.6 Å². The van der Waals surface area contributed by atoms with Crippen LogP contribution in [-0.4, -0.2) is 9.97 Å². The first kappa shape index (κ1) is 12.0. The highest BCUT2D eigenvalue weighted by atomic mass is 35.5. The molecule has 2 aromatic carbocycles. The Balaban J connectivity index is 2.22. The van der Waals surface area contributed by atoms with Gasteiger partial charge in [-0.05, 0) is 24.3 Å². The highest BCUT2D eigenvalue weighted by Crippen LogP contribution is 2.27. The van der Waals surface area contributed by atoms with Crippen molar-refractivity contribution in [2.75, 3.05) is 0 Å². The van der Waals surface area contributed by atoms with Crippen LogP contribution in [0.25, 0.3) is 22.4 Å². The van der Waals surface area contributed by atoms with Crippen LogP contribution < -0.4 is 0 Å². The normalized spacial score (nSPS) is 11.2. The fraction of sp³-hybridized carbons (Fsp3) is 0. The lowest BCUT2D eigenvalue weighted by Gasteiger charge is -1.99. The first-order valence-electron chi connectivity index (χ1n) is 5.35. The first-order valence-corrected chi connectivity index (χ1v) is 5.73. The third-order valence-electron chi connectivity index (χ3n) is 2.72. The van der Waals surface area contributed by atoms with Crippen molar-refractivity contribution < 1.29 is 13.2 Å². The number of imidazole rings is 1. The number of nitrogens with one attached hydrogen (secondary N) is 1. The van der Waals surface area contributed by atoms with E-state index in [1.165, 1.54) is 0 Å². The molecule has 96 valence electrons. The lowest BCUT2D eigenvalue weighted by Crippen LogP contribution is -1.92. The number of benzene rings is 2. The van der Waals surface area contributed by atoms with Crippen molar-refractivity contribution in [1.82, 2.24) is 9.97 Å². The Kier molecular flexibility index (Phi) is 2.71. The molecule has 0 saturated heterocycles. The number of para-hydroxylation sites is 1. The summed E-state index contributed by atoms with van der Waals surface area (Å²) >= 11 is 5.95. The van der Waals surface area contributed by atoms with Gasteiger partial charge in [-0.1, -0.05) is 17.7 Å². The second-order valence-electron chi connectivity index (χ2n) is 3.98. The summed E-state index contributed by atoms with van der Waals surface area (Å²) < 4.78 is 39.2. The van der Waals surface area contributed by atoms with Crippen molar-refractivity contribution in [2.24, 2.45) is 0 Å². The summed E-state index contributed by atoms with van der Waals surface area (Å²) in [5, 5.41) is 0.419. The van der Waals surface area contributed by atoms with Crippen LogP contribution in [0.4, 0.5) is 13.2 Å².